The Morgan fingerprint density at radius 1 is 0.962 bits per heavy atom. The van der Waals surface area contributed by atoms with Crippen molar-refractivity contribution in [3.63, 3.8) is 0 Å². The number of amides is 1. The molecule has 1 N–H and O–H groups in total. The maximum atomic E-state index is 12.4. The van der Waals surface area contributed by atoms with Crippen LogP contribution in [-0.4, -0.2) is 27.6 Å². The summed E-state index contributed by atoms with van der Waals surface area (Å²) in [5.41, 5.74) is 2.15. The third kappa shape index (κ3) is 4.03. The highest BCUT2D eigenvalue weighted by Gasteiger charge is 2.12. The third-order valence-corrected chi connectivity index (χ3v) is 5.43. The highest BCUT2D eigenvalue weighted by molar-refractivity contribution is 7.92. The van der Waals surface area contributed by atoms with Gasteiger partial charge in [-0.1, -0.05) is 48.5 Å². The van der Waals surface area contributed by atoms with Crippen LogP contribution in [0.3, 0.4) is 0 Å². The van der Waals surface area contributed by atoms with Gasteiger partial charge in [0.1, 0.15) is 0 Å². The van der Waals surface area contributed by atoms with Gasteiger partial charge in [-0.3, -0.25) is 9.10 Å². The van der Waals surface area contributed by atoms with E-state index in [0.717, 1.165) is 28.3 Å². The number of nitrogens with one attached hydrogen (secondary N) is 1. The second-order valence-corrected chi connectivity index (χ2v) is 8.16. The molecule has 0 atom stereocenters. The number of nitrogens with zero attached hydrogens (tertiary/aromatic N) is 1. The molecule has 3 aromatic rings. The fraction of sp³-hybridized carbons (Fsp3) is 0.150. The maximum absolute atomic E-state index is 12.4. The lowest BCUT2D eigenvalue weighted by molar-refractivity contribution is -0.115. The number of sulfonamides is 1. The molecule has 0 heterocycles. The SMILES string of the molecule is CN(c1ccc(CC(=O)Nc2cccc3ccccc23)cc1)S(C)(=O)=O. The maximum Gasteiger partial charge on any atom is 0.231 e. The van der Waals surface area contributed by atoms with Gasteiger partial charge in [-0.15, -0.1) is 0 Å². The van der Waals surface area contributed by atoms with Crippen molar-refractivity contribution < 1.29 is 13.2 Å². The average Bonchev–Trinajstić information content (AvgIpc) is 2.61. The molecule has 1 amide bonds. The van der Waals surface area contributed by atoms with Crippen LogP contribution in [-0.2, 0) is 21.2 Å². The van der Waals surface area contributed by atoms with Gasteiger partial charge in [-0.05, 0) is 29.1 Å². The quantitative estimate of drug-likeness (QED) is 0.750. The van der Waals surface area contributed by atoms with Crippen molar-refractivity contribution in [3.8, 4) is 0 Å². The summed E-state index contributed by atoms with van der Waals surface area (Å²) >= 11 is 0. The Hall–Kier alpha value is -2.86. The van der Waals surface area contributed by atoms with Gasteiger partial charge in [0.25, 0.3) is 0 Å². The summed E-state index contributed by atoms with van der Waals surface area (Å²) in [5, 5.41) is 5.01. The largest absolute Gasteiger partial charge is 0.325 e. The van der Waals surface area contributed by atoms with Crippen LogP contribution in [0, 0.1) is 0 Å². The lowest BCUT2D eigenvalue weighted by Gasteiger charge is -2.16. The van der Waals surface area contributed by atoms with Crippen LogP contribution in [0.1, 0.15) is 5.56 Å². The Labute approximate surface area is 153 Å². The molecule has 0 radical (unpaired) electrons. The fourth-order valence-electron chi connectivity index (χ4n) is 2.73. The molecule has 0 bridgehead atoms. The summed E-state index contributed by atoms with van der Waals surface area (Å²) in [4.78, 5) is 12.4. The lowest BCUT2D eigenvalue weighted by atomic mass is 10.1. The number of anilines is 2. The van der Waals surface area contributed by atoms with Gasteiger partial charge in [-0.25, -0.2) is 8.42 Å². The van der Waals surface area contributed by atoms with Crippen LogP contribution in [0.25, 0.3) is 10.8 Å². The molecule has 0 spiro atoms. The minimum absolute atomic E-state index is 0.120. The highest BCUT2D eigenvalue weighted by Crippen LogP contribution is 2.23. The van der Waals surface area contributed by atoms with Gasteiger partial charge in [-0.2, -0.15) is 0 Å². The monoisotopic (exact) mass is 368 g/mol. The van der Waals surface area contributed by atoms with Crippen LogP contribution in [0.15, 0.2) is 66.7 Å². The molecule has 6 heteroatoms. The van der Waals surface area contributed by atoms with E-state index in [9.17, 15) is 13.2 Å². The topological polar surface area (TPSA) is 66.5 Å². The van der Waals surface area contributed by atoms with Crippen molar-refractivity contribution in [2.45, 2.75) is 6.42 Å². The van der Waals surface area contributed by atoms with Gasteiger partial charge in [0, 0.05) is 18.1 Å². The molecule has 0 aliphatic heterocycles. The molecule has 0 aliphatic rings. The summed E-state index contributed by atoms with van der Waals surface area (Å²) < 4.78 is 24.3. The molecule has 3 aromatic carbocycles. The molecule has 0 aromatic heterocycles. The zero-order chi connectivity index (χ0) is 18.7. The second-order valence-electron chi connectivity index (χ2n) is 6.15. The van der Waals surface area contributed by atoms with E-state index in [2.05, 4.69) is 5.32 Å². The molecule has 3 rings (SSSR count). The molecule has 134 valence electrons. The summed E-state index contributed by atoms with van der Waals surface area (Å²) in [6.07, 6.45) is 1.37. The van der Waals surface area contributed by atoms with Crippen molar-refractivity contribution in [3.05, 3.63) is 72.3 Å². The number of rotatable bonds is 5. The van der Waals surface area contributed by atoms with Crippen LogP contribution in [0.2, 0.25) is 0 Å². The van der Waals surface area contributed by atoms with E-state index < -0.39 is 10.0 Å². The normalized spacial score (nSPS) is 11.3. The van der Waals surface area contributed by atoms with Crippen molar-refractivity contribution in [1.82, 2.24) is 0 Å². The smallest absolute Gasteiger partial charge is 0.231 e. The van der Waals surface area contributed by atoms with Crippen molar-refractivity contribution >= 4 is 38.1 Å². The first-order valence-corrected chi connectivity index (χ1v) is 10.00. The Morgan fingerprint density at radius 2 is 1.62 bits per heavy atom. The van der Waals surface area contributed by atoms with Gasteiger partial charge >= 0.3 is 0 Å². The number of benzene rings is 3. The predicted molar refractivity (Wildman–Crippen MR) is 106 cm³/mol. The number of carbonyl (C=O) groups excluding carboxylic acids is 1. The molecule has 0 saturated carbocycles. The average molecular weight is 368 g/mol. The van der Waals surface area contributed by atoms with Gasteiger partial charge in [0.05, 0.1) is 18.4 Å². The van der Waals surface area contributed by atoms with E-state index in [0.29, 0.717) is 5.69 Å². The molecule has 0 aliphatic carbocycles. The van der Waals surface area contributed by atoms with E-state index in [1.807, 2.05) is 42.5 Å². The molecule has 0 unspecified atom stereocenters. The standard InChI is InChI=1S/C20H20N2O3S/c1-22(26(2,24)25)17-12-10-15(11-13-17)14-20(23)21-19-9-5-7-16-6-3-4-8-18(16)19/h3-13H,14H2,1-2H3,(H,21,23). The first kappa shape index (κ1) is 17.9. The van der Waals surface area contributed by atoms with Crippen LogP contribution < -0.4 is 9.62 Å². The third-order valence-electron chi connectivity index (χ3n) is 4.23. The summed E-state index contributed by atoms with van der Waals surface area (Å²) in [6.45, 7) is 0. The number of hydrogen-bond acceptors (Lipinski definition) is 3. The second kappa shape index (κ2) is 7.17. The molecular weight excluding hydrogens is 348 g/mol. The zero-order valence-corrected chi connectivity index (χ0v) is 15.5. The van der Waals surface area contributed by atoms with Gasteiger partial charge in [0.2, 0.25) is 15.9 Å². The Bertz CT molecular complexity index is 1040. The zero-order valence-electron chi connectivity index (χ0n) is 14.6. The summed E-state index contributed by atoms with van der Waals surface area (Å²) in [6, 6.07) is 20.6. The minimum Gasteiger partial charge on any atom is -0.325 e. The summed E-state index contributed by atoms with van der Waals surface area (Å²) in [7, 11) is -1.80. The van der Waals surface area contributed by atoms with Crippen LogP contribution in [0.5, 0.6) is 0 Å². The van der Waals surface area contributed by atoms with Crippen molar-refractivity contribution in [2.75, 3.05) is 22.9 Å². The number of carbonyl (C=O) groups is 1. The minimum atomic E-state index is -3.30. The van der Waals surface area contributed by atoms with Crippen molar-refractivity contribution in [1.29, 1.82) is 0 Å². The molecule has 0 fully saturated rings. The molecule has 26 heavy (non-hydrogen) atoms. The lowest BCUT2D eigenvalue weighted by Crippen LogP contribution is -2.24. The van der Waals surface area contributed by atoms with Crippen LogP contribution in [0.4, 0.5) is 11.4 Å². The van der Waals surface area contributed by atoms with E-state index in [4.69, 9.17) is 0 Å². The first-order chi connectivity index (χ1) is 12.3. The van der Waals surface area contributed by atoms with E-state index in [-0.39, 0.29) is 12.3 Å². The molecular formula is C20H20N2O3S. The molecule has 5 nitrogen and oxygen atoms in total. The number of fused-ring (bicyclic) bond motifs is 1. The Kier molecular flexibility index (Phi) is 4.95. The fourth-order valence-corrected chi connectivity index (χ4v) is 3.23. The number of hydrogen-bond donors (Lipinski definition) is 1. The molecule has 0 saturated heterocycles. The first-order valence-electron chi connectivity index (χ1n) is 8.15. The summed E-state index contributed by atoms with van der Waals surface area (Å²) in [5.74, 6) is -0.120. The Balaban J connectivity index is 1.72. The van der Waals surface area contributed by atoms with Gasteiger partial charge < -0.3 is 5.32 Å². The van der Waals surface area contributed by atoms with E-state index >= 15 is 0 Å². The Morgan fingerprint density at radius 3 is 2.31 bits per heavy atom. The van der Waals surface area contributed by atoms with Crippen molar-refractivity contribution in [2.24, 2.45) is 0 Å². The van der Waals surface area contributed by atoms with Crippen LogP contribution >= 0.6 is 0 Å². The van der Waals surface area contributed by atoms with Gasteiger partial charge in [0.15, 0.2) is 0 Å². The predicted octanol–water partition coefficient (Wildman–Crippen LogP) is 3.42. The van der Waals surface area contributed by atoms with E-state index in [1.54, 1.807) is 24.3 Å². The highest BCUT2D eigenvalue weighted by atomic mass is 32.2. The van der Waals surface area contributed by atoms with E-state index in [1.165, 1.54) is 11.4 Å².